The molecule has 7 nitrogen and oxygen atoms in total. The molecule has 1 heterocycles. The highest BCUT2D eigenvalue weighted by atomic mass is 35.5. The molecule has 1 aliphatic heterocycles. The number of nitrogens with zero attached hydrogens (tertiary/aromatic N) is 3. The molecular formula is C16H11Cl2N3O4. The van der Waals surface area contributed by atoms with Crippen molar-refractivity contribution in [3.8, 4) is 0 Å². The molecule has 3 rings (SSSR count). The van der Waals surface area contributed by atoms with Crippen LogP contribution < -0.4 is 0 Å². The first kappa shape index (κ1) is 17.2. The molecule has 0 saturated heterocycles. The second-order valence-corrected chi connectivity index (χ2v) is 6.02. The van der Waals surface area contributed by atoms with Crippen molar-refractivity contribution in [2.45, 2.75) is 13.2 Å². The van der Waals surface area contributed by atoms with E-state index in [0.29, 0.717) is 15.6 Å². The summed E-state index contributed by atoms with van der Waals surface area (Å²) in [5.74, 6) is -0.428. The lowest BCUT2D eigenvalue weighted by molar-refractivity contribution is -0.385. The van der Waals surface area contributed by atoms with Gasteiger partial charge in [0.25, 0.3) is 5.69 Å². The van der Waals surface area contributed by atoms with E-state index in [1.165, 1.54) is 31.2 Å². The van der Waals surface area contributed by atoms with Crippen LogP contribution in [0.1, 0.15) is 24.3 Å². The number of hydrazone groups is 1. The van der Waals surface area contributed by atoms with E-state index < -0.39 is 17.1 Å². The molecule has 0 spiro atoms. The molecule has 0 aromatic heterocycles. The normalized spacial score (nSPS) is 16.4. The molecule has 1 unspecified atom stereocenters. The number of para-hydroxylation sites is 1. The summed E-state index contributed by atoms with van der Waals surface area (Å²) in [5.41, 5.74) is 0.470. The number of nitro groups is 1. The summed E-state index contributed by atoms with van der Waals surface area (Å²) in [4.78, 5) is 22.6. The van der Waals surface area contributed by atoms with Gasteiger partial charge in [0.1, 0.15) is 5.56 Å². The first-order chi connectivity index (χ1) is 11.9. The van der Waals surface area contributed by atoms with Crippen LogP contribution in [-0.4, -0.2) is 21.7 Å². The smallest absolute Gasteiger partial charge is 0.282 e. The molecule has 0 N–H and O–H groups in total. The largest absolute Gasteiger partial charge is 0.445 e. The SMILES string of the molecule is CC(=O)N1N=C(c2ccccc2[N+](=O)[O-])OC1c1ccc(Cl)cc1Cl. The van der Waals surface area contributed by atoms with E-state index >= 15 is 0 Å². The minimum absolute atomic E-state index is 0.0292. The lowest BCUT2D eigenvalue weighted by atomic mass is 10.1. The van der Waals surface area contributed by atoms with Crippen molar-refractivity contribution < 1.29 is 14.5 Å². The van der Waals surface area contributed by atoms with Gasteiger partial charge < -0.3 is 4.74 Å². The molecule has 0 fully saturated rings. The molecule has 0 aliphatic carbocycles. The Morgan fingerprint density at radius 3 is 2.64 bits per heavy atom. The number of hydrogen-bond donors (Lipinski definition) is 0. The quantitative estimate of drug-likeness (QED) is 0.592. The third-order valence-corrected chi connectivity index (χ3v) is 4.09. The van der Waals surface area contributed by atoms with E-state index in [0.717, 1.165) is 5.01 Å². The fourth-order valence-corrected chi connectivity index (χ4v) is 2.89. The lowest BCUT2D eigenvalue weighted by Crippen LogP contribution is -2.25. The number of hydrogen-bond acceptors (Lipinski definition) is 5. The van der Waals surface area contributed by atoms with E-state index in [9.17, 15) is 14.9 Å². The molecular weight excluding hydrogens is 369 g/mol. The van der Waals surface area contributed by atoms with Gasteiger partial charge in [-0.1, -0.05) is 41.4 Å². The van der Waals surface area contributed by atoms with Crippen LogP contribution in [0.15, 0.2) is 47.6 Å². The van der Waals surface area contributed by atoms with Gasteiger partial charge in [-0.05, 0) is 18.2 Å². The molecule has 2 aromatic carbocycles. The predicted molar refractivity (Wildman–Crippen MR) is 92.4 cm³/mol. The summed E-state index contributed by atoms with van der Waals surface area (Å²) in [6.07, 6.45) is -0.933. The predicted octanol–water partition coefficient (Wildman–Crippen LogP) is 4.14. The van der Waals surface area contributed by atoms with E-state index in [-0.39, 0.29) is 17.1 Å². The second kappa shape index (κ2) is 6.70. The van der Waals surface area contributed by atoms with Gasteiger partial charge in [-0.2, -0.15) is 5.01 Å². The van der Waals surface area contributed by atoms with Crippen molar-refractivity contribution in [2.24, 2.45) is 5.10 Å². The molecule has 25 heavy (non-hydrogen) atoms. The molecule has 2 aromatic rings. The second-order valence-electron chi connectivity index (χ2n) is 5.18. The third-order valence-electron chi connectivity index (χ3n) is 3.53. The van der Waals surface area contributed by atoms with Gasteiger partial charge >= 0.3 is 0 Å². The van der Waals surface area contributed by atoms with Crippen LogP contribution in [0.5, 0.6) is 0 Å². The summed E-state index contributed by atoms with van der Waals surface area (Å²) >= 11 is 12.1. The Balaban J connectivity index is 2.04. The van der Waals surface area contributed by atoms with Crippen molar-refractivity contribution in [1.82, 2.24) is 5.01 Å². The molecule has 1 aliphatic rings. The zero-order chi connectivity index (χ0) is 18.1. The summed E-state index contributed by atoms with van der Waals surface area (Å²) in [6.45, 7) is 1.31. The summed E-state index contributed by atoms with van der Waals surface area (Å²) in [5, 5.41) is 17.1. The van der Waals surface area contributed by atoms with Crippen LogP contribution in [0.4, 0.5) is 5.69 Å². The van der Waals surface area contributed by atoms with Gasteiger partial charge in [0.2, 0.25) is 18.0 Å². The van der Waals surface area contributed by atoms with E-state index in [1.54, 1.807) is 18.2 Å². The highest BCUT2D eigenvalue weighted by Crippen LogP contribution is 2.36. The van der Waals surface area contributed by atoms with Crippen LogP contribution in [0.2, 0.25) is 10.0 Å². The number of halogens is 2. The maximum atomic E-state index is 11.9. The van der Waals surface area contributed by atoms with Crippen LogP contribution in [-0.2, 0) is 9.53 Å². The molecule has 1 atom stereocenters. The molecule has 0 bridgehead atoms. The van der Waals surface area contributed by atoms with Crippen LogP contribution in [0.3, 0.4) is 0 Å². The highest BCUT2D eigenvalue weighted by molar-refractivity contribution is 6.35. The Bertz CT molecular complexity index is 901. The third kappa shape index (κ3) is 3.29. The minimum Gasteiger partial charge on any atom is -0.445 e. The first-order valence-corrected chi connectivity index (χ1v) is 7.88. The molecule has 0 saturated carbocycles. The van der Waals surface area contributed by atoms with Crippen LogP contribution in [0, 0.1) is 10.1 Å². The zero-order valence-corrected chi connectivity index (χ0v) is 14.4. The number of nitro benzene ring substituents is 1. The van der Waals surface area contributed by atoms with E-state index in [4.69, 9.17) is 27.9 Å². The fourth-order valence-electron chi connectivity index (χ4n) is 2.39. The van der Waals surface area contributed by atoms with Crippen molar-refractivity contribution in [2.75, 3.05) is 0 Å². The standard InChI is InChI=1S/C16H11Cl2N3O4/c1-9(22)20-16(11-7-6-10(17)8-13(11)18)25-15(19-20)12-4-2-3-5-14(12)21(23)24/h2-8,16H,1H3. The average Bonchev–Trinajstić information content (AvgIpc) is 3.00. The fraction of sp³-hybridized carbons (Fsp3) is 0.125. The summed E-state index contributed by atoms with van der Waals surface area (Å²) < 4.78 is 5.74. The van der Waals surface area contributed by atoms with E-state index in [1.807, 2.05) is 0 Å². The Hall–Kier alpha value is -2.64. The van der Waals surface area contributed by atoms with Gasteiger partial charge in [0.05, 0.1) is 9.95 Å². The maximum absolute atomic E-state index is 11.9. The average molecular weight is 380 g/mol. The topological polar surface area (TPSA) is 85.0 Å². The number of amides is 1. The van der Waals surface area contributed by atoms with Gasteiger partial charge in [-0.15, -0.1) is 5.10 Å². The monoisotopic (exact) mass is 379 g/mol. The van der Waals surface area contributed by atoms with Crippen molar-refractivity contribution in [3.63, 3.8) is 0 Å². The number of carbonyl (C=O) groups is 1. The zero-order valence-electron chi connectivity index (χ0n) is 12.8. The van der Waals surface area contributed by atoms with Gasteiger partial charge in [-0.25, -0.2) is 0 Å². The van der Waals surface area contributed by atoms with Gasteiger partial charge in [0, 0.05) is 23.6 Å². The first-order valence-electron chi connectivity index (χ1n) is 7.12. The van der Waals surface area contributed by atoms with Crippen molar-refractivity contribution >= 4 is 40.7 Å². The van der Waals surface area contributed by atoms with Crippen molar-refractivity contribution in [1.29, 1.82) is 0 Å². The van der Waals surface area contributed by atoms with Crippen LogP contribution >= 0.6 is 23.2 Å². The summed E-state index contributed by atoms with van der Waals surface area (Å²) in [7, 11) is 0. The number of ether oxygens (including phenoxy) is 1. The highest BCUT2D eigenvalue weighted by Gasteiger charge is 2.36. The Morgan fingerprint density at radius 2 is 2.00 bits per heavy atom. The molecule has 1 amide bonds. The minimum atomic E-state index is -0.933. The molecule has 0 radical (unpaired) electrons. The Kier molecular flexibility index (Phi) is 4.61. The maximum Gasteiger partial charge on any atom is 0.282 e. The van der Waals surface area contributed by atoms with E-state index in [2.05, 4.69) is 5.10 Å². The molecule has 9 heteroatoms. The summed E-state index contributed by atoms with van der Waals surface area (Å²) in [6, 6.07) is 10.7. The Labute approximate surface area is 152 Å². The number of rotatable bonds is 3. The van der Waals surface area contributed by atoms with Gasteiger partial charge in [-0.3, -0.25) is 14.9 Å². The molecule has 128 valence electrons. The Morgan fingerprint density at radius 1 is 1.28 bits per heavy atom. The lowest BCUT2D eigenvalue weighted by Gasteiger charge is -2.20. The number of carbonyl (C=O) groups excluding carboxylic acids is 1. The number of benzene rings is 2. The van der Waals surface area contributed by atoms with Crippen molar-refractivity contribution in [3.05, 3.63) is 73.8 Å². The van der Waals surface area contributed by atoms with Crippen LogP contribution in [0.25, 0.3) is 0 Å². The van der Waals surface area contributed by atoms with Gasteiger partial charge in [0.15, 0.2) is 0 Å².